The topological polar surface area (TPSA) is 88.1 Å². The fraction of sp³-hybridized carbons (Fsp3) is 0.143. The highest BCUT2D eigenvalue weighted by molar-refractivity contribution is 8.18. The maximum atomic E-state index is 13.3. The van der Waals surface area contributed by atoms with Gasteiger partial charge in [0.25, 0.3) is 16.7 Å². The number of hydrogen-bond acceptors (Lipinski definition) is 5. The Balaban J connectivity index is 2.20. The Labute approximate surface area is 142 Å². The van der Waals surface area contributed by atoms with Gasteiger partial charge >= 0.3 is 6.18 Å². The summed E-state index contributed by atoms with van der Waals surface area (Å²) >= 11 is 0.463. The van der Waals surface area contributed by atoms with Crippen LogP contribution in [0.1, 0.15) is 11.3 Å². The Kier molecular flexibility index (Phi) is 4.03. The average Bonchev–Trinajstić information content (AvgIpc) is 3.01. The number of halogens is 3. The molecule has 0 radical (unpaired) electrons. The third-order valence-corrected chi connectivity index (χ3v) is 4.31. The number of alkyl halides is 3. The van der Waals surface area contributed by atoms with E-state index < -0.39 is 34.1 Å². The number of nitrogens with zero attached hydrogens (tertiary/aromatic N) is 3. The van der Waals surface area contributed by atoms with Crippen LogP contribution >= 0.6 is 11.8 Å². The molecule has 0 aromatic carbocycles. The Bertz CT molecular complexity index is 946. The number of thioether (sulfide) groups is 1. The predicted molar refractivity (Wildman–Crippen MR) is 82.9 cm³/mol. The van der Waals surface area contributed by atoms with Gasteiger partial charge in [-0.2, -0.15) is 13.2 Å². The van der Waals surface area contributed by atoms with Gasteiger partial charge in [0.15, 0.2) is 5.82 Å². The van der Waals surface area contributed by atoms with Gasteiger partial charge in [-0.15, -0.1) is 0 Å². The number of hydrogen-bond donors (Lipinski definition) is 1. The van der Waals surface area contributed by atoms with Crippen molar-refractivity contribution in [1.29, 1.82) is 0 Å². The summed E-state index contributed by atoms with van der Waals surface area (Å²) in [5, 5.41) is 1.34. The summed E-state index contributed by atoms with van der Waals surface area (Å²) in [4.78, 5) is 40.1. The molecule has 0 bridgehead atoms. The molecule has 7 nitrogen and oxygen atoms in total. The molecule has 130 valence electrons. The highest BCUT2D eigenvalue weighted by Crippen LogP contribution is 2.34. The van der Waals surface area contributed by atoms with Crippen LogP contribution in [-0.4, -0.2) is 37.9 Å². The number of nitrogens with one attached hydrogen (secondary N) is 1. The van der Waals surface area contributed by atoms with Crippen molar-refractivity contribution in [2.45, 2.75) is 6.18 Å². The van der Waals surface area contributed by atoms with Gasteiger partial charge in [-0.3, -0.25) is 24.4 Å². The molecule has 0 atom stereocenters. The van der Waals surface area contributed by atoms with Crippen LogP contribution in [0.5, 0.6) is 0 Å². The number of pyridine rings is 1. The zero-order chi connectivity index (χ0) is 18.4. The van der Waals surface area contributed by atoms with Crippen molar-refractivity contribution < 1.29 is 22.8 Å². The van der Waals surface area contributed by atoms with E-state index in [0.717, 1.165) is 11.0 Å². The molecule has 2 aromatic rings. The molecule has 3 heterocycles. The molecule has 1 aliphatic rings. The maximum Gasteiger partial charge on any atom is 0.433 e. The van der Waals surface area contributed by atoms with Gasteiger partial charge in [-0.25, -0.2) is 9.67 Å². The van der Waals surface area contributed by atoms with Crippen LogP contribution in [0, 0.1) is 0 Å². The van der Waals surface area contributed by atoms with Crippen molar-refractivity contribution >= 4 is 29.0 Å². The first-order chi connectivity index (χ1) is 11.7. The summed E-state index contributed by atoms with van der Waals surface area (Å²) in [6.07, 6.45) is -2.78. The fourth-order valence-corrected chi connectivity index (χ4v) is 2.93. The second-order valence-electron chi connectivity index (χ2n) is 4.97. The van der Waals surface area contributed by atoms with Crippen molar-refractivity contribution in [3.63, 3.8) is 0 Å². The first-order valence-corrected chi connectivity index (χ1v) is 7.57. The molecule has 1 fully saturated rings. The van der Waals surface area contributed by atoms with Gasteiger partial charge in [0.05, 0.1) is 10.5 Å². The van der Waals surface area contributed by atoms with Crippen LogP contribution in [0.4, 0.5) is 18.0 Å². The first kappa shape index (κ1) is 17.0. The van der Waals surface area contributed by atoms with E-state index in [1.54, 1.807) is 6.07 Å². The van der Waals surface area contributed by atoms with E-state index >= 15 is 0 Å². The molecule has 1 saturated heterocycles. The predicted octanol–water partition coefficient (Wildman–Crippen LogP) is 2.25. The van der Waals surface area contributed by atoms with Crippen LogP contribution in [0.15, 0.2) is 34.1 Å². The molecule has 2 amide bonds. The summed E-state index contributed by atoms with van der Waals surface area (Å²) in [5.74, 6) is -0.811. The summed E-state index contributed by atoms with van der Waals surface area (Å²) < 4.78 is 40.5. The number of H-pyrrole nitrogens is 1. The minimum absolute atomic E-state index is 0.0405. The number of imide groups is 1. The number of likely N-dealkylation sites (N-methyl/N-ethyl adjacent to an activating group) is 1. The lowest BCUT2D eigenvalue weighted by Crippen LogP contribution is -2.22. The zero-order valence-electron chi connectivity index (χ0n) is 12.5. The molecule has 2 aromatic heterocycles. The third kappa shape index (κ3) is 2.97. The van der Waals surface area contributed by atoms with E-state index in [0.29, 0.717) is 16.4 Å². The van der Waals surface area contributed by atoms with Gasteiger partial charge in [-0.1, -0.05) is 6.07 Å². The highest BCUT2D eigenvalue weighted by Gasteiger charge is 2.39. The molecular formula is C14H9F3N4O3S. The van der Waals surface area contributed by atoms with Crippen LogP contribution in [0.25, 0.3) is 11.9 Å². The van der Waals surface area contributed by atoms with Gasteiger partial charge in [-0.05, 0) is 30.0 Å². The van der Waals surface area contributed by atoms with Gasteiger partial charge in [0.2, 0.25) is 0 Å². The van der Waals surface area contributed by atoms with Crippen LogP contribution in [0.2, 0.25) is 0 Å². The Morgan fingerprint density at radius 1 is 1.24 bits per heavy atom. The Hall–Kier alpha value is -2.82. The van der Waals surface area contributed by atoms with Gasteiger partial charge in [0.1, 0.15) is 5.69 Å². The van der Waals surface area contributed by atoms with Crippen molar-refractivity contribution in [2.24, 2.45) is 0 Å². The van der Waals surface area contributed by atoms with Crippen LogP contribution in [0.3, 0.4) is 0 Å². The monoisotopic (exact) mass is 370 g/mol. The van der Waals surface area contributed by atoms with Crippen LogP contribution in [-0.2, 0) is 11.0 Å². The Morgan fingerprint density at radius 3 is 2.48 bits per heavy atom. The molecule has 3 rings (SSSR count). The number of amides is 2. The summed E-state index contributed by atoms with van der Waals surface area (Å²) in [5.41, 5.74) is -3.13. The molecule has 0 saturated carbocycles. The van der Waals surface area contributed by atoms with E-state index in [2.05, 4.69) is 4.98 Å². The first-order valence-electron chi connectivity index (χ1n) is 6.75. The lowest BCUT2D eigenvalue weighted by atomic mass is 10.2. The minimum atomic E-state index is -4.87. The van der Waals surface area contributed by atoms with E-state index in [1.165, 1.54) is 25.4 Å². The molecule has 11 heteroatoms. The zero-order valence-corrected chi connectivity index (χ0v) is 13.3. The standard InChI is InChI=1S/C14H9F3N4O3S/c1-20-12(23)8(25-13(20)24)6-7-10(14(15,16)17)19-21(11(7)22)9-4-2-3-5-18-9/h2-6,19H,1H3/b8-6+. The number of carbonyl (C=O) groups excluding carboxylic acids is 2. The van der Waals surface area contributed by atoms with Crippen molar-refractivity contribution in [1.82, 2.24) is 19.7 Å². The number of aromatic nitrogens is 3. The highest BCUT2D eigenvalue weighted by atomic mass is 32.2. The molecular weight excluding hydrogens is 361 g/mol. The largest absolute Gasteiger partial charge is 0.433 e. The van der Waals surface area contributed by atoms with Crippen LogP contribution < -0.4 is 5.56 Å². The minimum Gasteiger partial charge on any atom is -0.284 e. The van der Waals surface area contributed by atoms with E-state index in [-0.39, 0.29) is 10.7 Å². The normalized spacial score (nSPS) is 17.0. The van der Waals surface area contributed by atoms with Gasteiger partial charge in [0, 0.05) is 13.2 Å². The summed E-state index contributed by atoms with van der Waals surface area (Å²) in [7, 11) is 1.20. The summed E-state index contributed by atoms with van der Waals surface area (Å²) in [6.45, 7) is 0. The average molecular weight is 370 g/mol. The molecule has 0 unspecified atom stereocenters. The molecule has 0 spiro atoms. The third-order valence-electron chi connectivity index (χ3n) is 3.35. The van der Waals surface area contributed by atoms with Crippen molar-refractivity contribution in [3.8, 4) is 5.82 Å². The SMILES string of the molecule is CN1C(=O)S/C(=C/c2c(C(F)(F)F)[nH]n(-c3ccccn3)c2=O)C1=O. The van der Waals surface area contributed by atoms with E-state index in [4.69, 9.17) is 0 Å². The number of aromatic amines is 1. The van der Waals surface area contributed by atoms with Crippen molar-refractivity contribution in [2.75, 3.05) is 7.05 Å². The second-order valence-corrected chi connectivity index (χ2v) is 5.96. The Morgan fingerprint density at radius 2 is 1.96 bits per heavy atom. The molecule has 1 aliphatic heterocycles. The maximum absolute atomic E-state index is 13.3. The fourth-order valence-electron chi connectivity index (χ4n) is 2.12. The molecule has 25 heavy (non-hydrogen) atoms. The lowest BCUT2D eigenvalue weighted by molar-refractivity contribution is -0.141. The second kappa shape index (κ2) is 5.92. The lowest BCUT2D eigenvalue weighted by Gasteiger charge is -2.05. The van der Waals surface area contributed by atoms with Crippen molar-refractivity contribution in [3.05, 3.63) is 50.9 Å². The molecule has 0 aliphatic carbocycles. The molecule has 1 N–H and O–H groups in total. The number of carbonyl (C=O) groups is 2. The smallest absolute Gasteiger partial charge is 0.284 e. The quantitative estimate of drug-likeness (QED) is 0.820. The van der Waals surface area contributed by atoms with E-state index in [9.17, 15) is 27.6 Å². The summed E-state index contributed by atoms with van der Waals surface area (Å²) in [6, 6.07) is 4.40. The van der Waals surface area contributed by atoms with E-state index in [1.807, 2.05) is 5.10 Å². The number of rotatable bonds is 2. The van der Waals surface area contributed by atoms with Gasteiger partial charge < -0.3 is 0 Å².